The van der Waals surface area contributed by atoms with Gasteiger partial charge in [0.05, 0.1) is 0 Å². The van der Waals surface area contributed by atoms with Gasteiger partial charge in [-0.15, -0.1) is 0 Å². The van der Waals surface area contributed by atoms with Crippen LogP contribution in [0.1, 0.15) is 52.2 Å². The minimum atomic E-state index is -0.563. The summed E-state index contributed by atoms with van der Waals surface area (Å²) in [5.41, 5.74) is 1.49. The number of hydrogen-bond donors (Lipinski definition) is 2. The van der Waals surface area contributed by atoms with Crippen LogP contribution in [0, 0.1) is 12.3 Å². The van der Waals surface area contributed by atoms with Crippen molar-refractivity contribution in [3.63, 3.8) is 0 Å². The van der Waals surface area contributed by atoms with E-state index >= 15 is 0 Å². The summed E-state index contributed by atoms with van der Waals surface area (Å²) in [6.07, 6.45) is 0.985. The Morgan fingerprint density at radius 1 is 1.24 bits per heavy atom. The van der Waals surface area contributed by atoms with Crippen LogP contribution >= 0.6 is 11.6 Å². The first kappa shape index (κ1) is 17.4. The van der Waals surface area contributed by atoms with Gasteiger partial charge in [0.25, 0.3) is 11.5 Å². The van der Waals surface area contributed by atoms with Crippen molar-refractivity contribution in [3.05, 3.63) is 62.0 Å². The molecule has 1 aliphatic rings. The molecule has 0 radical (unpaired) electrons. The van der Waals surface area contributed by atoms with Crippen LogP contribution in [0.25, 0.3) is 0 Å². The molecule has 1 heterocycles. The molecule has 0 atom stereocenters. The maximum absolute atomic E-state index is 12.5. The minimum Gasteiger partial charge on any atom is -0.325 e. The van der Waals surface area contributed by atoms with E-state index in [9.17, 15) is 14.4 Å². The standard InChI is InChI=1S/C19H19ClN2O3/c1-10-13(20)5-4-6-14(10)21-17(24)12-7-11-15(22-18(12)25)8-19(2,3)9-16(11)23/h4-7H,8-9H2,1-3H3,(H,21,24)(H,22,25). The van der Waals surface area contributed by atoms with Gasteiger partial charge in [0, 0.05) is 28.4 Å². The number of Topliss-reactive ketones (excluding diaryl/α,β-unsaturated/α-hetero) is 1. The van der Waals surface area contributed by atoms with Crippen molar-refractivity contribution in [2.24, 2.45) is 5.41 Å². The summed E-state index contributed by atoms with van der Waals surface area (Å²) in [5.74, 6) is -0.623. The molecule has 25 heavy (non-hydrogen) atoms. The summed E-state index contributed by atoms with van der Waals surface area (Å²) >= 11 is 6.05. The number of carbonyl (C=O) groups is 2. The van der Waals surface area contributed by atoms with Gasteiger partial charge in [-0.05, 0) is 42.5 Å². The Bertz CT molecular complexity index is 944. The van der Waals surface area contributed by atoms with Gasteiger partial charge in [-0.25, -0.2) is 0 Å². The number of rotatable bonds is 2. The topological polar surface area (TPSA) is 79.0 Å². The van der Waals surface area contributed by atoms with E-state index in [2.05, 4.69) is 10.3 Å². The summed E-state index contributed by atoms with van der Waals surface area (Å²) in [4.78, 5) is 40.0. The van der Waals surface area contributed by atoms with Crippen LogP contribution in [0.15, 0.2) is 29.1 Å². The lowest BCUT2D eigenvalue weighted by Crippen LogP contribution is -2.32. The van der Waals surface area contributed by atoms with Crippen LogP contribution in [0.4, 0.5) is 5.69 Å². The Balaban J connectivity index is 1.97. The molecule has 6 heteroatoms. The summed E-state index contributed by atoms with van der Waals surface area (Å²) in [6, 6.07) is 6.55. The number of hydrogen-bond acceptors (Lipinski definition) is 3. The third-order valence-electron chi connectivity index (χ3n) is 4.48. The second-order valence-electron chi connectivity index (χ2n) is 7.21. The molecule has 0 bridgehead atoms. The molecule has 0 unspecified atom stereocenters. The van der Waals surface area contributed by atoms with Crippen molar-refractivity contribution in [3.8, 4) is 0 Å². The fourth-order valence-corrected chi connectivity index (χ4v) is 3.30. The zero-order valence-corrected chi connectivity index (χ0v) is 15.1. The summed E-state index contributed by atoms with van der Waals surface area (Å²) in [5, 5.41) is 3.21. The van der Waals surface area contributed by atoms with Gasteiger partial charge in [0.1, 0.15) is 5.56 Å². The van der Waals surface area contributed by atoms with Gasteiger partial charge in [-0.2, -0.15) is 0 Å². The van der Waals surface area contributed by atoms with Crippen molar-refractivity contribution in [2.45, 2.75) is 33.6 Å². The van der Waals surface area contributed by atoms with Crippen LogP contribution in [0.3, 0.4) is 0 Å². The molecule has 0 saturated heterocycles. The average Bonchev–Trinajstić information content (AvgIpc) is 2.50. The largest absolute Gasteiger partial charge is 0.325 e. The van der Waals surface area contributed by atoms with Crippen LogP contribution in [-0.4, -0.2) is 16.7 Å². The first-order valence-electron chi connectivity index (χ1n) is 8.04. The summed E-state index contributed by atoms with van der Waals surface area (Å²) in [7, 11) is 0. The van der Waals surface area contributed by atoms with Crippen molar-refractivity contribution < 1.29 is 9.59 Å². The van der Waals surface area contributed by atoms with Crippen molar-refractivity contribution >= 4 is 29.0 Å². The highest BCUT2D eigenvalue weighted by Gasteiger charge is 2.32. The van der Waals surface area contributed by atoms with Gasteiger partial charge in [-0.3, -0.25) is 14.4 Å². The lowest BCUT2D eigenvalue weighted by molar-refractivity contribution is 0.0910. The molecule has 0 fully saturated rings. The quantitative estimate of drug-likeness (QED) is 0.858. The highest BCUT2D eigenvalue weighted by Crippen LogP contribution is 2.33. The van der Waals surface area contributed by atoms with E-state index in [-0.39, 0.29) is 16.8 Å². The Hall–Kier alpha value is -2.40. The number of fused-ring (bicyclic) bond motifs is 1. The van der Waals surface area contributed by atoms with E-state index in [4.69, 9.17) is 11.6 Å². The van der Waals surface area contributed by atoms with E-state index in [1.807, 2.05) is 13.8 Å². The second-order valence-corrected chi connectivity index (χ2v) is 7.62. The lowest BCUT2D eigenvalue weighted by Gasteiger charge is -2.29. The molecule has 2 aromatic rings. The SMILES string of the molecule is Cc1c(Cl)cccc1NC(=O)c1cc2c([nH]c1=O)CC(C)(C)CC2=O. The summed E-state index contributed by atoms with van der Waals surface area (Å²) in [6.45, 7) is 5.74. The molecule has 5 nitrogen and oxygen atoms in total. The first-order chi connectivity index (χ1) is 11.7. The van der Waals surface area contributed by atoms with Crippen molar-refractivity contribution in [1.82, 2.24) is 4.98 Å². The van der Waals surface area contributed by atoms with E-state index in [1.165, 1.54) is 6.07 Å². The second kappa shape index (κ2) is 6.15. The summed E-state index contributed by atoms with van der Waals surface area (Å²) < 4.78 is 0. The molecule has 0 spiro atoms. The highest BCUT2D eigenvalue weighted by atomic mass is 35.5. The fraction of sp³-hybridized carbons (Fsp3) is 0.316. The number of carbonyl (C=O) groups excluding carboxylic acids is 2. The number of halogens is 1. The van der Waals surface area contributed by atoms with Crippen LogP contribution in [0.5, 0.6) is 0 Å². The molecule has 3 rings (SSSR count). The molecule has 1 aromatic heterocycles. The minimum absolute atomic E-state index is 0.0597. The van der Waals surface area contributed by atoms with Crippen LogP contribution in [-0.2, 0) is 6.42 Å². The average molecular weight is 359 g/mol. The normalized spacial score (nSPS) is 15.6. The van der Waals surface area contributed by atoms with E-state index < -0.39 is 11.5 Å². The maximum Gasteiger partial charge on any atom is 0.261 e. The highest BCUT2D eigenvalue weighted by molar-refractivity contribution is 6.31. The first-order valence-corrected chi connectivity index (χ1v) is 8.41. The molecule has 0 aliphatic heterocycles. The molecule has 130 valence electrons. The smallest absolute Gasteiger partial charge is 0.261 e. The van der Waals surface area contributed by atoms with Gasteiger partial charge >= 0.3 is 0 Å². The van der Waals surface area contributed by atoms with E-state index in [0.29, 0.717) is 40.4 Å². The molecule has 1 amide bonds. The predicted molar refractivity (Wildman–Crippen MR) is 97.6 cm³/mol. The molecule has 0 saturated carbocycles. The molecular weight excluding hydrogens is 340 g/mol. The predicted octanol–water partition coefficient (Wildman–Crippen LogP) is 3.74. The number of benzene rings is 1. The Labute approximate surface area is 150 Å². The van der Waals surface area contributed by atoms with Crippen LogP contribution in [0.2, 0.25) is 5.02 Å². The van der Waals surface area contributed by atoms with Crippen LogP contribution < -0.4 is 10.9 Å². The maximum atomic E-state index is 12.5. The van der Waals surface area contributed by atoms with Crippen molar-refractivity contribution in [2.75, 3.05) is 5.32 Å². The number of aromatic amines is 1. The Morgan fingerprint density at radius 3 is 2.68 bits per heavy atom. The molecular formula is C19H19ClN2O3. The Kier molecular flexibility index (Phi) is 4.29. The number of ketones is 1. The van der Waals surface area contributed by atoms with Gasteiger partial charge < -0.3 is 10.3 Å². The zero-order valence-electron chi connectivity index (χ0n) is 14.3. The zero-order chi connectivity index (χ0) is 18.4. The number of amides is 1. The number of nitrogens with one attached hydrogen (secondary N) is 2. The Morgan fingerprint density at radius 2 is 1.96 bits per heavy atom. The number of anilines is 1. The third-order valence-corrected chi connectivity index (χ3v) is 4.89. The third kappa shape index (κ3) is 3.37. The van der Waals surface area contributed by atoms with Gasteiger partial charge in [0.2, 0.25) is 0 Å². The number of pyridine rings is 1. The van der Waals surface area contributed by atoms with Gasteiger partial charge in [0.15, 0.2) is 5.78 Å². The molecule has 1 aliphatic carbocycles. The van der Waals surface area contributed by atoms with E-state index in [1.54, 1.807) is 25.1 Å². The number of aromatic nitrogens is 1. The number of H-pyrrole nitrogens is 1. The van der Waals surface area contributed by atoms with Crippen molar-refractivity contribution in [1.29, 1.82) is 0 Å². The lowest BCUT2D eigenvalue weighted by atomic mass is 9.75. The van der Waals surface area contributed by atoms with E-state index in [0.717, 1.165) is 0 Å². The fourth-order valence-electron chi connectivity index (χ4n) is 3.13. The van der Waals surface area contributed by atoms with Gasteiger partial charge in [-0.1, -0.05) is 31.5 Å². The monoisotopic (exact) mass is 358 g/mol. The molecule has 1 aromatic carbocycles. The molecule has 2 N–H and O–H groups in total.